The zero-order valence-electron chi connectivity index (χ0n) is 8.71. The number of hydrogen-bond donors (Lipinski definition) is 1. The van der Waals surface area contributed by atoms with Crippen molar-refractivity contribution in [3.05, 3.63) is 28.8 Å². The van der Waals surface area contributed by atoms with E-state index in [1.807, 2.05) is 0 Å². The van der Waals surface area contributed by atoms with E-state index in [0.29, 0.717) is 0 Å². The first-order valence-electron chi connectivity index (χ1n) is 4.72. The molecule has 0 atom stereocenters. The Morgan fingerprint density at radius 1 is 1.39 bits per heavy atom. The molecule has 1 aliphatic rings. The summed E-state index contributed by atoms with van der Waals surface area (Å²) in [4.78, 5) is 12.3. The molecule has 0 saturated carbocycles. The van der Waals surface area contributed by atoms with Gasteiger partial charge in [-0.05, 0) is 18.2 Å². The first-order valence-corrected chi connectivity index (χ1v) is 6.08. The highest BCUT2D eigenvalue weighted by atomic mass is 35.5. The average molecular weight is 295 g/mol. The second-order valence-electron chi connectivity index (χ2n) is 3.48. The van der Waals surface area contributed by atoms with Crippen molar-refractivity contribution in [3.8, 4) is 0 Å². The number of benzene rings is 1. The van der Waals surface area contributed by atoms with Gasteiger partial charge in [0.05, 0.1) is 17.0 Å². The largest absolute Gasteiger partial charge is 0.418 e. The van der Waals surface area contributed by atoms with E-state index < -0.39 is 23.3 Å². The van der Waals surface area contributed by atoms with Crippen LogP contribution >= 0.6 is 23.4 Å². The van der Waals surface area contributed by atoms with Gasteiger partial charge in [-0.1, -0.05) is 23.4 Å². The molecule has 18 heavy (non-hydrogen) atoms. The molecule has 0 bridgehead atoms. The third kappa shape index (κ3) is 2.32. The number of carbonyl (C=O) groups is 1. The highest BCUT2D eigenvalue weighted by Crippen LogP contribution is 2.40. The van der Waals surface area contributed by atoms with E-state index in [1.165, 1.54) is 0 Å². The van der Waals surface area contributed by atoms with Crippen LogP contribution in [0.3, 0.4) is 0 Å². The molecule has 0 radical (unpaired) electrons. The summed E-state index contributed by atoms with van der Waals surface area (Å²) >= 11 is 6.54. The quantitative estimate of drug-likeness (QED) is 0.863. The summed E-state index contributed by atoms with van der Waals surface area (Å²) in [5.74, 6) is -0.597. The summed E-state index contributed by atoms with van der Waals surface area (Å²) in [6.45, 7) is 0. The van der Waals surface area contributed by atoms with Crippen LogP contribution < -0.4 is 4.90 Å². The molecule has 96 valence electrons. The minimum atomic E-state index is -4.60. The van der Waals surface area contributed by atoms with Crippen LogP contribution in [0.4, 0.5) is 18.9 Å². The summed E-state index contributed by atoms with van der Waals surface area (Å²) in [6, 6.07) is 2.95. The Bertz CT molecular complexity index is 516. The molecule has 0 aromatic heterocycles. The molecule has 1 fully saturated rings. The predicted octanol–water partition coefficient (Wildman–Crippen LogP) is 3.37. The van der Waals surface area contributed by atoms with Crippen molar-refractivity contribution >= 4 is 40.1 Å². The van der Waals surface area contributed by atoms with Crippen LogP contribution in [-0.4, -0.2) is 16.8 Å². The molecule has 0 aliphatic carbocycles. The zero-order chi connectivity index (χ0) is 13.5. The van der Waals surface area contributed by atoms with Gasteiger partial charge in [0.2, 0.25) is 5.91 Å². The Morgan fingerprint density at radius 3 is 2.56 bits per heavy atom. The van der Waals surface area contributed by atoms with E-state index in [9.17, 15) is 18.0 Å². The van der Waals surface area contributed by atoms with Gasteiger partial charge in [0.25, 0.3) is 0 Å². The second kappa shape index (κ2) is 4.47. The van der Waals surface area contributed by atoms with Gasteiger partial charge >= 0.3 is 6.18 Å². The number of amidine groups is 1. The first kappa shape index (κ1) is 13.2. The number of anilines is 1. The fraction of sp³-hybridized carbons (Fsp3) is 0.200. The van der Waals surface area contributed by atoms with Gasteiger partial charge in [-0.25, -0.2) is 0 Å². The van der Waals surface area contributed by atoms with Crippen LogP contribution in [0.5, 0.6) is 0 Å². The number of carbonyl (C=O) groups excluding carboxylic acids is 1. The minimum absolute atomic E-state index is 0.0390. The van der Waals surface area contributed by atoms with Gasteiger partial charge in [0, 0.05) is 5.02 Å². The summed E-state index contributed by atoms with van der Waals surface area (Å²) in [6.07, 6.45) is -4.60. The highest BCUT2D eigenvalue weighted by molar-refractivity contribution is 8.15. The van der Waals surface area contributed by atoms with E-state index in [-0.39, 0.29) is 15.9 Å². The topological polar surface area (TPSA) is 44.2 Å². The third-order valence-electron chi connectivity index (χ3n) is 2.29. The van der Waals surface area contributed by atoms with Crippen molar-refractivity contribution < 1.29 is 18.0 Å². The molecule has 1 heterocycles. The highest BCUT2D eigenvalue weighted by Gasteiger charge is 2.39. The lowest BCUT2D eigenvalue weighted by Gasteiger charge is -2.20. The second-order valence-corrected chi connectivity index (χ2v) is 4.88. The van der Waals surface area contributed by atoms with Crippen LogP contribution in [0.2, 0.25) is 5.02 Å². The summed E-state index contributed by atoms with van der Waals surface area (Å²) in [5.41, 5.74) is -1.37. The van der Waals surface area contributed by atoms with Crippen LogP contribution in [0.1, 0.15) is 5.56 Å². The number of halogens is 4. The molecular weight excluding hydrogens is 289 g/mol. The fourth-order valence-corrected chi connectivity index (χ4v) is 2.43. The lowest BCUT2D eigenvalue weighted by Crippen LogP contribution is -2.30. The van der Waals surface area contributed by atoms with Gasteiger partial charge in [0.1, 0.15) is 0 Å². The van der Waals surface area contributed by atoms with Crippen LogP contribution in [0.15, 0.2) is 18.2 Å². The van der Waals surface area contributed by atoms with Gasteiger partial charge in [-0.2, -0.15) is 13.2 Å². The Labute approximate surface area is 109 Å². The number of nitrogens with one attached hydrogen (secondary N) is 1. The molecule has 0 spiro atoms. The number of amides is 1. The number of hydrogen-bond acceptors (Lipinski definition) is 3. The van der Waals surface area contributed by atoms with E-state index in [2.05, 4.69) is 0 Å². The van der Waals surface area contributed by atoms with Crippen molar-refractivity contribution in [2.75, 3.05) is 10.7 Å². The molecule has 3 nitrogen and oxygen atoms in total. The summed E-state index contributed by atoms with van der Waals surface area (Å²) in [7, 11) is 0. The molecule has 1 N–H and O–H groups in total. The van der Waals surface area contributed by atoms with Gasteiger partial charge in [-0.15, -0.1) is 0 Å². The number of rotatable bonds is 1. The van der Waals surface area contributed by atoms with Crippen molar-refractivity contribution in [1.29, 1.82) is 5.41 Å². The SMILES string of the molecule is N=C1SCC(=O)N1c1cc(Cl)ccc1C(F)(F)F. The first-order chi connectivity index (χ1) is 8.30. The Hall–Kier alpha value is -1.21. The fourth-order valence-electron chi connectivity index (χ4n) is 1.55. The lowest BCUT2D eigenvalue weighted by molar-refractivity contribution is -0.137. The molecule has 1 amide bonds. The Kier molecular flexibility index (Phi) is 3.29. The number of nitrogens with zero attached hydrogens (tertiary/aromatic N) is 1. The molecular formula is C10H6ClF3N2OS. The van der Waals surface area contributed by atoms with Crippen molar-refractivity contribution in [2.24, 2.45) is 0 Å². The van der Waals surface area contributed by atoms with Gasteiger partial charge in [-0.3, -0.25) is 15.1 Å². The van der Waals surface area contributed by atoms with Crippen molar-refractivity contribution in [1.82, 2.24) is 0 Å². The summed E-state index contributed by atoms with van der Waals surface area (Å²) in [5, 5.41) is 7.35. The maximum absolute atomic E-state index is 12.8. The van der Waals surface area contributed by atoms with Crippen LogP contribution in [-0.2, 0) is 11.0 Å². The molecule has 8 heteroatoms. The molecule has 1 aromatic rings. The molecule has 0 unspecified atom stereocenters. The predicted molar refractivity (Wildman–Crippen MR) is 64.1 cm³/mol. The summed E-state index contributed by atoms with van der Waals surface area (Å²) < 4.78 is 38.5. The Balaban J connectivity index is 2.58. The molecule has 1 saturated heterocycles. The monoisotopic (exact) mass is 294 g/mol. The molecule has 1 aliphatic heterocycles. The van der Waals surface area contributed by atoms with E-state index in [4.69, 9.17) is 17.0 Å². The van der Waals surface area contributed by atoms with Gasteiger partial charge < -0.3 is 0 Å². The van der Waals surface area contributed by atoms with E-state index in [0.717, 1.165) is 34.9 Å². The van der Waals surface area contributed by atoms with Crippen molar-refractivity contribution in [3.63, 3.8) is 0 Å². The average Bonchev–Trinajstić information content (AvgIpc) is 2.56. The van der Waals surface area contributed by atoms with Crippen LogP contribution in [0, 0.1) is 5.41 Å². The van der Waals surface area contributed by atoms with Gasteiger partial charge in [0.15, 0.2) is 5.17 Å². The number of thioether (sulfide) groups is 1. The Morgan fingerprint density at radius 2 is 2.06 bits per heavy atom. The smallest absolute Gasteiger partial charge is 0.278 e. The maximum Gasteiger partial charge on any atom is 0.418 e. The zero-order valence-corrected chi connectivity index (χ0v) is 10.3. The minimum Gasteiger partial charge on any atom is -0.278 e. The third-order valence-corrected chi connectivity index (χ3v) is 3.37. The van der Waals surface area contributed by atoms with Crippen molar-refractivity contribution in [2.45, 2.75) is 6.18 Å². The van der Waals surface area contributed by atoms with E-state index >= 15 is 0 Å². The maximum atomic E-state index is 12.8. The van der Waals surface area contributed by atoms with E-state index in [1.54, 1.807) is 0 Å². The lowest BCUT2D eigenvalue weighted by atomic mass is 10.1. The normalized spacial score (nSPS) is 16.6. The number of alkyl halides is 3. The standard InChI is InChI=1S/C10H6ClF3N2OS/c11-5-1-2-6(10(12,13)14)7(3-5)16-8(17)4-18-9(16)15/h1-3,15H,4H2. The molecule has 2 rings (SSSR count). The molecule has 1 aromatic carbocycles. The van der Waals surface area contributed by atoms with Crippen LogP contribution in [0.25, 0.3) is 0 Å².